The normalized spacial score (nSPS) is 12.2. The highest BCUT2D eigenvalue weighted by molar-refractivity contribution is 5.66. The zero-order chi connectivity index (χ0) is 22.1. The first-order valence-electron chi connectivity index (χ1n) is 9.97. The summed E-state index contributed by atoms with van der Waals surface area (Å²) in [6.07, 6.45) is 2.47. The van der Waals surface area contributed by atoms with Crippen molar-refractivity contribution < 1.29 is 14.6 Å². The molecule has 7 nitrogen and oxygen atoms in total. The molecule has 160 valence electrons. The molecule has 0 aliphatic rings. The molecule has 0 amide bonds. The molecule has 1 N–H and O–H groups in total. The second-order valence-electron chi connectivity index (χ2n) is 7.54. The van der Waals surface area contributed by atoms with Crippen LogP contribution in [0.1, 0.15) is 22.8 Å². The van der Waals surface area contributed by atoms with Crippen LogP contribution in [0.5, 0.6) is 11.5 Å². The number of aromatic nitrogens is 3. The van der Waals surface area contributed by atoms with Crippen LogP contribution in [0.4, 0.5) is 0 Å². The van der Waals surface area contributed by atoms with E-state index in [9.17, 15) is 9.90 Å². The fourth-order valence-corrected chi connectivity index (χ4v) is 3.56. The molecule has 0 fully saturated rings. The summed E-state index contributed by atoms with van der Waals surface area (Å²) in [4.78, 5) is 13.0. The first-order chi connectivity index (χ1) is 14.9. The molecule has 4 rings (SSSR count). The Bertz CT molecular complexity index is 1310. The van der Waals surface area contributed by atoms with Crippen molar-refractivity contribution in [3.05, 3.63) is 81.9 Å². The van der Waals surface area contributed by atoms with Gasteiger partial charge in [0, 0.05) is 18.0 Å². The van der Waals surface area contributed by atoms with E-state index >= 15 is 0 Å². The fraction of sp³-hybridized carbons (Fsp3) is 0.250. The molecule has 1 unspecified atom stereocenters. The molecule has 0 saturated heterocycles. The summed E-state index contributed by atoms with van der Waals surface area (Å²) in [6.45, 7) is 4.22. The Morgan fingerprint density at radius 3 is 2.45 bits per heavy atom. The van der Waals surface area contributed by atoms with Gasteiger partial charge in [0.1, 0.15) is 5.52 Å². The quantitative estimate of drug-likeness (QED) is 0.517. The molecule has 2 heterocycles. The van der Waals surface area contributed by atoms with Gasteiger partial charge in [-0.25, -0.2) is 4.52 Å². The monoisotopic (exact) mass is 419 g/mol. The molecular weight excluding hydrogens is 394 g/mol. The maximum absolute atomic E-state index is 13.0. The lowest BCUT2D eigenvalue weighted by atomic mass is 10.0. The number of hydrogen-bond donors (Lipinski definition) is 1. The molecule has 2 aromatic carbocycles. The second-order valence-corrected chi connectivity index (χ2v) is 7.54. The lowest BCUT2D eigenvalue weighted by molar-refractivity contribution is 0.154. The Morgan fingerprint density at radius 2 is 1.74 bits per heavy atom. The van der Waals surface area contributed by atoms with Gasteiger partial charge in [-0.1, -0.05) is 18.2 Å². The lowest BCUT2D eigenvalue weighted by Gasteiger charge is -2.15. The summed E-state index contributed by atoms with van der Waals surface area (Å²) >= 11 is 0. The number of aliphatic hydroxyl groups excluding tert-OH is 1. The molecule has 0 aliphatic carbocycles. The maximum Gasteiger partial charge on any atom is 0.276 e. The van der Waals surface area contributed by atoms with Crippen LogP contribution in [0.2, 0.25) is 0 Å². The minimum atomic E-state index is -0.887. The van der Waals surface area contributed by atoms with Crippen LogP contribution in [0, 0.1) is 13.8 Å². The molecule has 4 aromatic rings. The Labute approximate surface area is 180 Å². The average Bonchev–Trinajstić information content (AvgIpc) is 3.22. The van der Waals surface area contributed by atoms with Gasteiger partial charge >= 0.3 is 0 Å². The van der Waals surface area contributed by atoms with Crippen molar-refractivity contribution in [3.63, 3.8) is 0 Å². The summed E-state index contributed by atoms with van der Waals surface area (Å²) in [5.74, 6) is 1.10. The van der Waals surface area contributed by atoms with Crippen molar-refractivity contribution in [1.82, 2.24) is 14.2 Å². The number of ether oxygens (including phenoxy) is 2. The first kappa shape index (κ1) is 20.7. The van der Waals surface area contributed by atoms with Crippen LogP contribution in [-0.2, 0) is 6.54 Å². The highest BCUT2D eigenvalue weighted by Gasteiger charge is 2.15. The number of methoxy groups -OCH3 is 2. The van der Waals surface area contributed by atoms with Crippen LogP contribution in [0.25, 0.3) is 16.8 Å². The van der Waals surface area contributed by atoms with Crippen LogP contribution in [0.15, 0.2) is 59.7 Å². The van der Waals surface area contributed by atoms with Gasteiger partial charge in [-0.2, -0.15) is 5.10 Å². The first-order valence-corrected chi connectivity index (χ1v) is 9.97. The van der Waals surface area contributed by atoms with Gasteiger partial charge in [-0.15, -0.1) is 0 Å². The van der Waals surface area contributed by atoms with E-state index in [0.29, 0.717) is 22.6 Å². The Morgan fingerprint density at radius 1 is 0.968 bits per heavy atom. The van der Waals surface area contributed by atoms with Crippen molar-refractivity contribution >= 4 is 5.52 Å². The van der Waals surface area contributed by atoms with Crippen molar-refractivity contribution in [2.45, 2.75) is 26.5 Å². The van der Waals surface area contributed by atoms with E-state index < -0.39 is 6.10 Å². The van der Waals surface area contributed by atoms with E-state index in [4.69, 9.17) is 9.47 Å². The number of aryl methyl sites for hydroxylation is 2. The predicted molar refractivity (Wildman–Crippen MR) is 119 cm³/mol. The maximum atomic E-state index is 13.0. The van der Waals surface area contributed by atoms with Gasteiger partial charge in [-0.3, -0.25) is 4.79 Å². The summed E-state index contributed by atoms with van der Waals surface area (Å²) < 4.78 is 13.6. The SMILES string of the molecule is COc1ccc(C(O)Cn2ccn3nc(-c4ccc(C)c(C)c4)cc3c2=O)cc1OC. The molecule has 7 heteroatoms. The highest BCUT2D eigenvalue weighted by atomic mass is 16.5. The third-order valence-electron chi connectivity index (χ3n) is 5.57. The number of aliphatic hydroxyl groups is 1. The molecular formula is C24H25N3O4. The van der Waals surface area contributed by atoms with Gasteiger partial charge in [0.05, 0.1) is 32.6 Å². The van der Waals surface area contributed by atoms with Crippen molar-refractivity contribution in [2.75, 3.05) is 14.2 Å². The highest BCUT2D eigenvalue weighted by Crippen LogP contribution is 2.30. The summed E-state index contributed by atoms with van der Waals surface area (Å²) in [7, 11) is 3.10. The molecule has 0 spiro atoms. The number of hydrogen-bond acceptors (Lipinski definition) is 5. The molecule has 0 bridgehead atoms. The van der Waals surface area contributed by atoms with Crippen LogP contribution >= 0.6 is 0 Å². The largest absolute Gasteiger partial charge is 0.493 e. The Hall–Kier alpha value is -3.58. The van der Waals surface area contributed by atoms with Crippen LogP contribution < -0.4 is 15.0 Å². The third-order valence-corrected chi connectivity index (χ3v) is 5.57. The van der Waals surface area contributed by atoms with Crippen LogP contribution in [0.3, 0.4) is 0 Å². The van der Waals surface area contributed by atoms with E-state index in [1.165, 1.54) is 15.7 Å². The molecule has 0 radical (unpaired) electrons. The van der Waals surface area contributed by atoms with E-state index in [0.717, 1.165) is 11.3 Å². The zero-order valence-electron chi connectivity index (χ0n) is 18.0. The van der Waals surface area contributed by atoms with Gasteiger partial charge in [0.25, 0.3) is 5.56 Å². The minimum Gasteiger partial charge on any atom is -0.493 e. The number of nitrogens with zero attached hydrogens (tertiary/aromatic N) is 3. The smallest absolute Gasteiger partial charge is 0.276 e. The fourth-order valence-electron chi connectivity index (χ4n) is 3.56. The number of fused-ring (bicyclic) bond motifs is 1. The standard InChI is InChI=1S/C24H25N3O4/c1-15-5-6-17(11-16(15)2)19-13-20-24(29)26(9-10-27(20)25-19)14-21(28)18-7-8-22(30-3)23(12-18)31-4/h5-13,21,28H,14H2,1-4H3. The van der Waals surface area contributed by atoms with E-state index in [1.54, 1.807) is 55.4 Å². The van der Waals surface area contributed by atoms with Crippen molar-refractivity contribution in [1.29, 1.82) is 0 Å². The number of benzene rings is 2. The molecule has 1 atom stereocenters. The summed E-state index contributed by atoms with van der Waals surface area (Å²) in [5.41, 5.74) is 4.94. The second kappa shape index (κ2) is 8.28. The van der Waals surface area contributed by atoms with Crippen molar-refractivity contribution in [3.8, 4) is 22.8 Å². The van der Waals surface area contributed by atoms with E-state index in [-0.39, 0.29) is 12.1 Å². The van der Waals surface area contributed by atoms with E-state index in [1.807, 2.05) is 12.1 Å². The third kappa shape index (κ3) is 3.92. The van der Waals surface area contributed by atoms with Gasteiger partial charge in [0.2, 0.25) is 0 Å². The number of rotatable bonds is 6. The molecule has 0 aliphatic heterocycles. The molecule has 2 aromatic heterocycles. The van der Waals surface area contributed by atoms with Gasteiger partial charge in [-0.05, 0) is 54.8 Å². The van der Waals surface area contributed by atoms with Crippen LogP contribution in [-0.4, -0.2) is 33.5 Å². The lowest BCUT2D eigenvalue weighted by Crippen LogP contribution is -2.24. The molecule has 31 heavy (non-hydrogen) atoms. The summed E-state index contributed by atoms with van der Waals surface area (Å²) in [6, 6.07) is 13.1. The summed E-state index contributed by atoms with van der Waals surface area (Å²) in [5, 5.41) is 15.3. The molecule has 0 saturated carbocycles. The zero-order valence-corrected chi connectivity index (χ0v) is 18.0. The Kier molecular flexibility index (Phi) is 5.52. The van der Waals surface area contributed by atoms with Gasteiger partial charge in [0.15, 0.2) is 11.5 Å². The van der Waals surface area contributed by atoms with E-state index in [2.05, 4.69) is 25.0 Å². The Balaban J connectivity index is 1.65. The van der Waals surface area contributed by atoms with Gasteiger partial charge < -0.3 is 19.1 Å². The topological polar surface area (TPSA) is 78.0 Å². The predicted octanol–water partition coefficient (Wildman–Crippen LogP) is 3.53. The minimum absolute atomic E-state index is 0.106. The van der Waals surface area contributed by atoms with Crippen molar-refractivity contribution in [2.24, 2.45) is 0 Å². The average molecular weight is 419 g/mol.